The number of aliphatic hydroxyl groups is 1. The van der Waals surface area contributed by atoms with Gasteiger partial charge in [-0.1, -0.05) is 305 Å². The van der Waals surface area contributed by atoms with Gasteiger partial charge in [0.15, 0.2) is 12.2 Å². The van der Waals surface area contributed by atoms with Crippen LogP contribution in [0.3, 0.4) is 0 Å². The zero-order valence-electron chi connectivity index (χ0n) is 57.7. The summed E-state index contributed by atoms with van der Waals surface area (Å²) >= 11 is 0. The van der Waals surface area contributed by atoms with Crippen LogP contribution >= 0.6 is 15.6 Å². The van der Waals surface area contributed by atoms with Gasteiger partial charge in [-0.3, -0.25) is 37.3 Å². The number of rotatable bonds is 69. The molecule has 0 aliphatic rings. The topological polar surface area (TPSA) is 237 Å². The van der Waals surface area contributed by atoms with Gasteiger partial charge in [-0.2, -0.15) is 0 Å². The lowest BCUT2D eigenvalue weighted by molar-refractivity contribution is -0.161. The highest BCUT2D eigenvalue weighted by Crippen LogP contribution is 2.45. The Morgan fingerprint density at radius 2 is 0.517 bits per heavy atom. The lowest BCUT2D eigenvalue weighted by Crippen LogP contribution is -2.30. The lowest BCUT2D eigenvalue weighted by Gasteiger charge is -2.21. The molecule has 0 aromatic heterocycles. The largest absolute Gasteiger partial charge is 0.472 e. The van der Waals surface area contributed by atoms with Crippen molar-refractivity contribution in [2.75, 3.05) is 39.6 Å². The van der Waals surface area contributed by atoms with Crippen molar-refractivity contribution in [2.45, 2.75) is 374 Å². The van der Waals surface area contributed by atoms with Gasteiger partial charge in [0.25, 0.3) is 0 Å². The molecule has 0 rings (SSSR count). The second-order valence-electron chi connectivity index (χ2n) is 26.2. The number of phosphoric ester groups is 2. The van der Waals surface area contributed by atoms with Crippen LogP contribution in [0.1, 0.15) is 356 Å². The quantitative estimate of drug-likeness (QED) is 0.0222. The first-order chi connectivity index (χ1) is 42.9. The van der Waals surface area contributed by atoms with Crippen molar-refractivity contribution >= 4 is 39.5 Å². The fourth-order valence-corrected chi connectivity index (χ4v) is 12.2. The molecule has 0 radical (unpaired) electrons. The SMILES string of the molecule is CCCCCCCCCCCCCCCCCCCCC(=O)O[C@H](COC(=O)CCCCCCCCCCCCC(C)C)COP(=O)(O)OC[C@@H](O)COP(=O)(O)OC[C@@H](COC(=O)CCCCCCCCCCC)OC(=O)CCCCCCCCC(C)C. The summed E-state index contributed by atoms with van der Waals surface area (Å²) in [6.07, 6.45) is 47.4. The van der Waals surface area contributed by atoms with Gasteiger partial charge < -0.3 is 33.8 Å². The second-order valence-corrected chi connectivity index (χ2v) is 29.1. The van der Waals surface area contributed by atoms with E-state index in [0.717, 1.165) is 95.8 Å². The number of phosphoric acid groups is 2. The maximum absolute atomic E-state index is 13.0. The van der Waals surface area contributed by atoms with Crippen LogP contribution in [0, 0.1) is 11.8 Å². The third kappa shape index (κ3) is 64.6. The highest BCUT2D eigenvalue weighted by molar-refractivity contribution is 7.47. The van der Waals surface area contributed by atoms with E-state index in [4.69, 9.17) is 37.0 Å². The van der Waals surface area contributed by atoms with Gasteiger partial charge in [-0.05, 0) is 37.5 Å². The molecule has 19 heteroatoms. The van der Waals surface area contributed by atoms with Gasteiger partial charge in [0.2, 0.25) is 0 Å². The zero-order chi connectivity index (χ0) is 65.7. The highest BCUT2D eigenvalue weighted by Gasteiger charge is 2.30. The average molecular weight is 1310 g/mol. The Kier molecular flexibility index (Phi) is 60.8. The van der Waals surface area contributed by atoms with Crippen LogP contribution < -0.4 is 0 Å². The van der Waals surface area contributed by atoms with E-state index in [1.165, 1.54) is 173 Å². The number of carbonyl (C=O) groups excluding carboxylic acids is 4. The molecule has 0 saturated carbocycles. The zero-order valence-corrected chi connectivity index (χ0v) is 59.5. The molecule has 3 N–H and O–H groups in total. The molecule has 5 atom stereocenters. The summed E-state index contributed by atoms with van der Waals surface area (Å²) in [5.41, 5.74) is 0. The van der Waals surface area contributed by atoms with Crippen LogP contribution in [0.4, 0.5) is 0 Å². The Morgan fingerprint density at radius 3 is 0.764 bits per heavy atom. The monoisotopic (exact) mass is 1310 g/mol. The number of esters is 4. The molecular formula is C70H136O17P2. The summed E-state index contributed by atoms with van der Waals surface area (Å²) in [6.45, 7) is 9.43. The molecule has 2 unspecified atom stereocenters. The van der Waals surface area contributed by atoms with Crippen molar-refractivity contribution < 1.29 is 80.2 Å². The molecule has 0 amide bonds. The third-order valence-corrected chi connectivity index (χ3v) is 18.1. The van der Waals surface area contributed by atoms with Crippen molar-refractivity contribution in [1.82, 2.24) is 0 Å². The van der Waals surface area contributed by atoms with Crippen LogP contribution in [-0.4, -0.2) is 96.7 Å². The fraction of sp³-hybridized carbons (Fsp3) is 0.943. The van der Waals surface area contributed by atoms with Crippen LogP contribution in [0.25, 0.3) is 0 Å². The van der Waals surface area contributed by atoms with Crippen LogP contribution in [0.2, 0.25) is 0 Å². The fourth-order valence-electron chi connectivity index (χ4n) is 10.6. The Labute approximate surface area is 543 Å². The van der Waals surface area contributed by atoms with E-state index in [1.807, 2.05) is 0 Å². The molecule has 0 aromatic rings. The summed E-state index contributed by atoms with van der Waals surface area (Å²) in [4.78, 5) is 72.4. The summed E-state index contributed by atoms with van der Waals surface area (Å²) in [5, 5.41) is 10.6. The van der Waals surface area contributed by atoms with E-state index >= 15 is 0 Å². The Hall–Kier alpha value is -1.94. The molecule has 0 fully saturated rings. The standard InChI is InChI=1S/C70H136O17P2/c1-7-9-11-13-15-17-18-19-20-21-22-23-24-25-31-35-42-48-54-69(74)86-65(58-81-68(73)53-47-41-34-30-27-26-29-32-38-44-50-62(3)4)60-84-88(76,77)82-56-64(71)57-83-89(78,79)85-61-66(87-70(75)55-49-43-37-36-39-45-51-63(5)6)59-80-67(72)52-46-40-33-28-16-14-12-10-8-2/h62-66,71H,7-61H2,1-6H3,(H,76,77)(H,78,79)/t64-,65-,66-/m1/s1. The molecule has 89 heavy (non-hydrogen) atoms. The number of unbranched alkanes of at least 4 members (excludes halogenated alkanes) is 39. The second kappa shape index (κ2) is 62.2. The van der Waals surface area contributed by atoms with E-state index in [1.54, 1.807) is 0 Å². The van der Waals surface area contributed by atoms with Crippen molar-refractivity contribution in [1.29, 1.82) is 0 Å². The molecule has 0 bridgehead atoms. The summed E-state index contributed by atoms with van der Waals surface area (Å²) in [7, 11) is -9.90. The van der Waals surface area contributed by atoms with E-state index in [9.17, 15) is 43.2 Å². The average Bonchev–Trinajstić information content (AvgIpc) is 3.71. The molecule has 0 spiro atoms. The van der Waals surface area contributed by atoms with Crippen LogP contribution in [0.15, 0.2) is 0 Å². The van der Waals surface area contributed by atoms with Crippen LogP contribution in [0.5, 0.6) is 0 Å². The minimum Gasteiger partial charge on any atom is -0.462 e. The normalized spacial score (nSPS) is 14.1. The lowest BCUT2D eigenvalue weighted by atomic mass is 10.0. The molecule has 17 nitrogen and oxygen atoms in total. The maximum atomic E-state index is 13.0. The van der Waals surface area contributed by atoms with Gasteiger partial charge in [0.1, 0.15) is 19.3 Å². The van der Waals surface area contributed by atoms with E-state index in [0.29, 0.717) is 31.6 Å². The number of ether oxygens (including phenoxy) is 4. The Bertz CT molecular complexity index is 1730. The van der Waals surface area contributed by atoms with E-state index < -0.39 is 97.5 Å². The molecule has 0 saturated heterocycles. The van der Waals surface area contributed by atoms with Crippen molar-refractivity contribution in [3.8, 4) is 0 Å². The minimum atomic E-state index is -4.95. The molecule has 0 aromatic carbocycles. The van der Waals surface area contributed by atoms with Gasteiger partial charge >= 0.3 is 39.5 Å². The van der Waals surface area contributed by atoms with Crippen molar-refractivity contribution in [3.63, 3.8) is 0 Å². The number of hydrogen-bond acceptors (Lipinski definition) is 15. The Morgan fingerprint density at radius 1 is 0.303 bits per heavy atom. The van der Waals surface area contributed by atoms with Gasteiger partial charge in [-0.15, -0.1) is 0 Å². The van der Waals surface area contributed by atoms with Crippen molar-refractivity contribution in [2.24, 2.45) is 11.8 Å². The smallest absolute Gasteiger partial charge is 0.462 e. The summed E-state index contributed by atoms with van der Waals surface area (Å²) in [5.74, 6) is -0.702. The molecule has 528 valence electrons. The molecular weight excluding hydrogens is 1170 g/mol. The minimum absolute atomic E-state index is 0.102. The van der Waals surface area contributed by atoms with Gasteiger partial charge in [0, 0.05) is 25.7 Å². The summed E-state index contributed by atoms with van der Waals surface area (Å²) < 4.78 is 68.2. The first-order valence-electron chi connectivity index (χ1n) is 36.5. The Balaban J connectivity index is 5.20. The number of carbonyl (C=O) groups is 4. The third-order valence-electron chi connectivity index (χ3n) is 16.2. The predicted octanol–water partition coefficient (Wildman–Crippen LogP) is 20.0. The highest BCUT2D eigenvalue weighted by atomic mass is 31.2. The maximum Gasteiger partial charge on any atom is 0.472 e. The van der Waals surface area contributed by atoms with E-state index in [2.05, 4.69) is 41.5 Å². The summed E-state index contributed by atoms with van der Waals surface area (Å²) in [6, 6.07) is 0. The predicted molar refractivity (Wildman–Crippen MR) is 358 cm³/mol. The van der Waals surface area contributed by atoms with Crippen molar-refractivity contribution in [3.05, 3.63) is 0 Å². The molecule has 0 aliphatic heterocycles. The molecule has 0 heterocycles. The van der Waals surface area contributed by atoms with Crippen LogP contribution in [-0.2, 0) is 65.4 Å². The van der Waals surface area contributed by atoms with Gasteiger partial charge in [-0.25, -0.2) is 9.13 Å². The first-order valence-corrected chi connectivity index (χ1v) is 39.5. The number of aliphatic hydroxyl groups excluding tert-OH is 1. The van der Waals surface area contributed by atoms with E-state index in [-0.39, 0.29) is 25.7 Å². The molecule has 0 aliphatic carbocycles. The first kappa shape index (κ1) is 87.1. The number of hydrogen-bond donors (Lipinski definition) is 3. The van der Waals surface area contributed by atoms with Gasteiger partial charge in [0.05, 0.1) is 26.4 Å².